The summed E-state index contributed by atoms with van der Waals surface area (Å²) in [7, 11) is 0. The molecular formula is C11H22N2S. The molecule has 0 aromatic rings. The monoisotopic (exact) mass is 214 g/mol. The Hall–Kier alpha value is 0.270. The molecule has 4 unspecified atom stereocenters. The van der Waals surface area contributed by atoms with Crippen LogP contribution in [0.4, 0.5) is 0 Å². The van der Waals surface area contributed by atoms with E-state index in [2.05, 4.69) is 24.0 Å². The molecule has 1 saturated carbocycles. The Kier molecular flexibility index (Phi) is 3.74. The maximum Gasteiger partial charge on any atom is 0.0171 e. The first-order chi connectivity index (χ1) is 6.79. The third-order valence-corrected chi connectivity index (χ3v) is 4.97. The van der Waals surface area contributed by atoms with Gasteiger partial charge in [-0.1, -0.05) is 13.3 Å². The van der Waals surface area contributed by atoms with Gasteiger partial charge in [-0.3, -0.25) is 0 Å². The number of thioether (sulfide) groups is 1. The van der Waals surface area contributed by atoms with Gasteiger partial charge in [-0.2, -0.15) is 11.8 Å². The number of nitrogens with two attached hydrogens (primary N) is 1. The molecule has 1 saturated heterocycles. The summed E-state index contributed by atoms with van der Waals surface area (Å²) in [6.45, 7) is 3.20. The molecule has 2 fully saturated rings. The van der Waals surface area contributed by atoms with Crippen LogP contribution in [-0.4, -0.2) is 29.6 Å². The molecule has 1 aliphatic carbocycles. The van der Waals surface area contributed by atoms with Crippen molar-refractivity contribution >= 4 is 11.8 Å². The molecule has 3 heteroatoms. The van der Waals surface area contributed by atoms with Crippen molar-refractivity contribution in [1.82, 2.24) is 5.32 Å². The predicted octanol–water partition coefficient (Wildman–Crippen LogP) is 1.60. The fourth-order valence-electron chi connectivity index (χ4n) is 2.77. The van der Waals surface area contributed by atoms with Gasteiger partial charge in [-0.15, -0.1) is 0 Å². The van der Waals surface area contributed by atoms with Crippen molar-refractivity contribution in [3.05, 3.63) is 0 Å². The normalized spacial score (nSPS) is 43.3. The molecule has 0 aromatic carbocycles. The molecule has 2 rings (SSSR count). The van der Waals surface area contributed by atoms with Crippen molar-refractivity contribution in [2.24, 2.45) is 11.7 Å². The lowest BCUT2D eigenvalue weighted by Gasteiger charge is -2.23. The Bertz CT molecular complexity index is 186. The van der Waals surface area contributed by atoms with Crippen LogP contribution in [-0.2, 0) is 0 Å². The first-order valence-electron chi connectivity index (χ1n) is 5.87. The Morgan fingerprint density at radius 2 is 2.29 bits per heavy atom. The van der Waals surface area contributed by atoms with Gasteiger partial charge in [0, 0.05) is 23.1 Å². The van der Waals surface area contributed by atoms with Crippen molar-refractivity contribution in [3.8, 4) is 0 Å². The molecule has 14 heavy (non-hydrogen) atoms. The topological polar surface area (TPSA) is 38.0 Å². The molecule has 0 bridgehead atoms. The van der Waals surface area contributed by atoms with Gasteiger partial charge in [0.1, 0.15) is 0 Å². The Labute approximate surface area is 91.4 Å². The molecule has 0 spiro atoms. The highest BCUT2D eigenvalue weighted by Crippen LogP contribution is 2.30. The van der Waals surface area contributed by atoms with E-state index in [0.717, 1.165) is 29.8 Å². The van der Waals surface area contributed by atoms with Crippen LogP contribution in [0, 0.1) is 5.92 Å². The fraction of sp³-hybridized carbons (Fsp3) is 1.00. The fourth-order valence-corrected chi connectivity index (χ4v) is 3.94. The molecule has 1 heterocycles. The zero-order chi connectivity index (χ0) is 9.97. The van der Waals surface area contributed by atoms with Crippen LogP contribution in [0.2, 0.25) is 0 Å². The molecule has 0 radical (unpaired) electrons. The highest BCUT2D eigenvalue weighted by molar-refractivity contribution is 8.00. The van der Waals surface area contributed by atoms with Gasteiger partial charge >= 0.3 is 0 Å². The smallest absolute Gasteiger partial charge is 0.0171 e. The van der Waals surface area contributed by atoms with E-state index < -0.39 is 0 Å². The van der Waals surface area contributed by atoms with Crippen LogP contribution in [0.3, 0.4) is 0 Å². The third kappa shape index (κ3) is 2.44. The number of hydrogen-bond donors (Lipinski definition) is 2. The summed E-state index contributed by atoms with van der Waals surface area (Å²) in [5.74, 6) is 2.05. The quantitative estimate of drug-likeness (QED) is 0.749. The van der Waals surface area contributed by atoms with Gasteiger partial charge in [0.05, 0.1) is 0 Å². The first-order valence-corrected chi connectivity index (χ1v) is 6.92. The molecule has 0 aromatic heterocycles. The summed E-state index contributed by atoms with van der Waals surface area (Å²) in [6, 6.07) is 1.48. The minimum Gasteiger partial charge on any atom is -0.330 e. The van der Waals surface area contributed by atoms with E-state index in [1.807, 2.05) is 0 Å². The summed E-state index contributed by atoms with van der Waals surface area (Å²) in [5.41, 5.74) is 5.78. The van der Waals surface area contributed by atoms with E-state index in [9.17, 15) is 0 Å². The average Bonchev–Trinajstić information content (AvgIpc) is 2.76. The summed E-state index contributed by atoms with van der Waals surface area (Å²) in [4.78, 5) is 0. The van der Waals surface area contributed by atoms with Gasteiger partial charge in [-0.25, -0.2) is 0 Å². The molecule has 4 atom stereocenters. The largest absolute Gasteiger partial charge is 0.330 e. The SMILES string of the molecule is CC1CC(NC2CCCC2CN)CS1. The second-order valence-electron chi connectivity index (χ2n) is 4.78. The Morgan fingerprint density at radius 1 is 1.43 bits per heavy atom. The summed E-state index contributed by atoms with van der Waals surface area (Å²) in [5, 5.41) is 4.66. The van der Waals surface area contributed by atoms with Crippen LogP contribution in [0.25, 0.3) is 0 Å². The second kappa shape index (κ2) is 4.86. The first kappa shape index (κ1) is 10.8. The molecule has 82 valence electrons. The molecule has 1 aliphatic heterocycles. The van der Waals surface area contributed by atoms with Crippen molar-refractivity contribution in [3.63, 3.8) is 0 Å². The minimum atomic E-state index is 0.718. The van der Waals surface area contributed by atoms with Gasteiger partial charge in [0.2, 0.25) is 0 Å². The minimum absolute atomic E-state index is 0.718. The molecule has 2 aliphatic rings. The predicted molar refractivity (Wildman–Crippen MR) is 63.6 cm³/mol. The van der Waals surface area contributed by atoms with E-state index >= 15 is 0 Å². The summed E-state index contributed by atoms with van der Waals surface area (Å²) >= 11 is 2.10. The van der Waals surface area contributed by atoms with E-state index in [1.54, 1.807) is 0 Å². The Balaban J connectivity index is 1.79. The van der Waals surface area contributed by atoms with Crippen LogP contribution in [0.5, 0.6) is 0 Å². The van der Waals surface area contributed by atoms with Crippen LogP contribution in [0.15, 0.2) is 0 Å². The molecule has 3 N–H and O–H groups in total. The van der Waals surface area contributed by atoms with E-state index in [4.69, 9.17) is 5.73 Å². The van der Waals surface area contributed by atoms with Gasteiger partial charge in [0.15, 0.2) is 0 Å². The van der Waals surface area contributed by atoms with Crippen LogP contribution >= 0.6 is 11.8 Å². The van der Waals surface area contributed by atoms with E-state index in [0.29, 0.717) is 0 Å². The molecular weight excluding hydrogens is 192 g/mol. The standard InChI is InChI=1S/C11H22N2S/c1-8-5-10(7-14-8)13-11-4-2-3-9(11)6-12/h8-11,13H,2-7,12H2,1H3. The molecule has 0 amide bonds. The second-order valence-corrected chi connectivity index (χ2v) is 6.25. The Morgan fingerprint density at radius 3 is 2.93 bits per heavy atom. The average molecular weight is 214 g/mol. The van der Waals surface area contributed by atoms with Crippen molar-refractivity contribution < 1.29 is 0 Å². The summed E-state index contributed by atoms with van der Waals surface area (Å²) in [6.07, 6.45) is 5.40. The van der Waals surface area contributed by atoms with Gasteiger partial charge in [0.25, 0.3) is 0 Å². The van der Waals surface area contributed by atoms with E-state index in [-0.39, 0.29) is 0 Å². The van der Waals surface area contributed by atoms with Gasteiger partial charge in [-0.05, 0) is 31.7 Å². The maximum atomic E-state index is 5.78. The maximum absolute atomic E-state index is 5.78. The van der Waals surface area contributed by atoms with Crippen LogP contribution < -0.4 is 11.1 Å². The lowest BCUT2D eigenvalue weighted by molar-refractivity contribution is 0.368. The highest BCUT2D eigenvalue weighted by Gasteiger charge is 2.30. The lowest BCUT2D eigenvalue weighted by atomic mass is 10.0. The van der Waals surface area contributed by atoms with Gasteiger partial charge < -0.3 is 11.1 Å². The zero-order valence-corrected chi connectivity index (χ0v) is 9.85. The van der Waals surface area contributed by atoms with Crippen molar-refractivity contribution in [2.45, 2.75) is 49.9 Å². The molecule has 2 nitrogen and oxygen atoms in total. The zero-order valence-electron chi connectivity index (χ0n) is 9.04. The number of nitrogens with one attached hydrogen (secondary N) is 1. The lowest BCUT2D eigenvalue weighted by Crippen LogP contribution is -2.42. The van der Waals surface area contributed by atoms with Crippen molar-refractivity contribution in [1.29, 1.82) is 0 Å². The van der Waals surface area contributed by atoms with Crippen molar-refractivity contribution in [2.75, 3.05) is 12.3 Å². The number of rotatable bonds is 3. The van der Waals surface area contributed by atoms with E-state index in [1.165, 1.54) is 31.4 Å². The highest BCUT2D eigenvalue weighted by atomic mass is 32.2. The van der Waals surface area contributed by atoms with Crippen LogP contribution in [0.1, 0.15) is 32.6 Å². The number of hydrogen-bond acceptors (Lipinski definition) is 3. The summed E-state index contributed by atoms with van der Waals surface area (Å²) < 4.78 is 0. The third-order valence-electron chi connectivity index (χ3n) is 3.61.